The molecule has 4 nitrogen and oxygen atoms in total. The van der Waals surface area contributed by atoms with E-state index in [9.17, 15) is 0 Å². The molecule has 0 aliphatic carbocycles. The monoisotopic (exact) mass is 371 g/mol. The molecule has 25 heavy (non-hydrogen) atoms. The van der Waals surface area contributed by atoms with Gasteiger partial charge >= 0.3 is 0 Å². The molecular formula is C19H20ClN4S+. The Kier molecular flexibility index (Phi) is 6.17. The molecule has 0 radical (unpaired) electrons. The number of nitrogens with one attached hydrogen (secondary N) is 1. The van der Waals surface area contributed by atoms with Gasteiger partial charge in [-0.05, 0) is 29.8 Å². The SMILES string of the molecule is CC(=Cc1nsc(Nc2ccc(Cl)cc2)n1)[NH2+]CCc1ccccc1. The summed E-state index contributed by atoms with van der Waals surface area (Å²) in [4.78, 5) is 4.50. The number of hydrogen-bond donors (Lipinski definition) is 2. The molecular weight excluding hydrogens is 352 g/mol. The predicted octanol–water partition coefficient (Wildman–Crippen LogP) is 4.10. The number of allylic oxidation sites excluding steroid dienone is 1. The van der Waals surface area contributed by atoms with Crippen LogP contribution >= 0.6 is 23.1 Å². The van der Waals surface area contributed by atoms with Gasteiger partial charge < -0.3 is 10.6 Å². The van der Waals surface area contributed by atoms with Crippen LogP contribution in [0.5, 0.6) is 0 Å². The summed E-state index contributed by atoms with van der Waals surface area (Å²) in [5, 5.41) is 6.94. The maximum Gasteiger partial charge on any atom is 0.207 e. The topological polar surface area (TPSA) is 54.4 Å². The summed E-state index contributed by atoms with van der Waals surface area (Å²) in [6.45, 7) is 3.09. The van der Waals surface area contributed by atoms with Gasteiger partial charge in [-0.1, -0.05) is 41.9 Å². The van der Waals surface area contributed by atoms with Crippen LogP contribution in [-0.2, 0) is 6.42 Å². The van der Waals surface area contributed by atoms with E-state index < -0.39 is 0 Å². The second-order valence-electron chi connectivity index (χ2n) is 5.71. The van der Waals surface area contributed by atoms with Crippen LogP contribution in [0.25, 0.3) is 6.08 Å². The van der Waals surface area contributed by atoms with Gasteiger partial charge in [-0.25, -0.2) is 0 Å². The summed E-state index contributed by atoms with van der Waals surface area (Å²) in [6.07, 6.45) is 3.05. The van der Waals surface area contributed by atoms with E-state index in [1.165, 1.54) is 22.8 Å². The first-order chi connectivity index (χ1) is 12.2. The molecule has 0 fully saturated rings. The Bertz CT molecular complexity index is 828. The number of nitrogens with two attached hydrogens (primary N) is 1. The van der Waals surface area contributed by atoms with Crippen molar-refractivity contribution in [1.29, 1.82) is 0 Å². The molecule has 0 unspecified atom stereocenters. The normalized spacial score (nSPS) is 11.5. The Morgan fingerprint density at radius 1 is 1.16 bits per heavy atom. The molecule has 1 aromatic heterocycles. The first kappa shape index (κ1) is 17.6. The van der Waals surface area contributed by atoms with Gasteiger partial charge in [-0.2, -0.15) is 9.36 Å². The molecule has 3 N–H and O–H groups in total. The van der Waals surface area contributed by atoms with E-state index in [4.69, 9.17) is 11.6 Å². The minimum atomic E-state index is 0.716. The summed E-state index contributed by atoms with van der Waals surface area (Å²) >= 11 is 7.24. The number of nitrogens with zero attached hydrogens (tertiary/aromatic N) is 2. The Labute approximate surface area is 156 Å². The minimum absolute atomic E-state index is 0.716. The molecule has 0 aliphatic rings. The molecule has 128 valence electrons. The standard InChI is InChI=1S/C19H19ClN4S/c1-14(21-12-11-15-5-3-2-4-6-15)13-18-23-19(25-24-18)22-17-9-7-16(20)8-10-17/h2-10,13,21H,11-12H2,1H3,(H,22,23,24)/p+1. The Morgan fingerprint density at radius 2 is 1.92 bits per heavy atom. The van der Waals surface area contributed by atoms with Crippen LogP contribution < -0.4 is 10.6 Å². The highest BCUT2D eigenvalue weighted by Gasteiger charge is 2.04. The molecule has 3 aromatic rings. The number of hydrogen-bond acceptors (Lipinski definition) is 4. The van der Waals surface area contributed by atoms with Gasteiger partial charge in [0.15, 0.2) is 5.82 Å². The highest BCUT2D eigenvalue weighted by Crippen LogP contribution is 2.20. The zero-order valence-corrected chi connectivity index (χ0v) is 15.5. The van der Waals surface area contributed by atoms with E-state index in [0.29, 0.717) is 5.02 Å². The van der Waals surface area contributed by atoms with Crippen molar-refractivity contribution in [2.45, 2.75) is 13.3 Å². The first-order valence-corrected chi connectivity index (χ1v) is 9.26. The van der Waals surface area contributed by atoms with Crippen LogP contribution in [0.3, 0.4) is 0 Å². The van der Waals surface area contributed by atoms with Crippen LogP contribution in [0.4, 0.5) is 10.8 Å². The number of quaternary nitrogens is 1. The van der Waals surface area contributed by atoms with Crippen molar-refractivity contribution in [1.82, 2.24) is 9.36 Å². The molecule has 6 heteroatoms. The molecule has 0 atom stereocenters. The summed E-state index contributed by atoms with van der Waals surface area (Å²) in [6, 6.07) is 18.0. The van der Waals surface area contributed by atoms with Gasteiger partial charge in [-0.3, -0.25) is 0 Å². The van der Waals surface area contributed by atoms with E-state index in [2.05, 4.69) is 51.2 Å². The molecule has 2 aromatic carbocycles. The molecule has 1 heterocycles. The van der Waals surface area contributed by atoms with Crippen molar-refractivity contribution < 1.29 is 5.32 Å². The largest absolute Gasteiger partial charge is 0.330 e. The molecule has 3 rings (SSSR count). The van der Waals surface area contributed by atoms with Crippen LogP contribution in [0, 0.1) is 0 Å². The fourth-order valence-corrected chi connectivity index (χ4v) is 3.07. The molecule has 0 aliphatic heterocycles. The van der Waals surface area contributed by atoms with Gasteiger partial charge in [0.1, 0.15) is 5.70 Å². The third-order valence-corrected chi connectivity index (χ3v) is 4.53. The third kappa shape index (κ3) is 5.67. The molecule has 0 saturated heterocycles. The van der Waals surface area contributed by atoms with Gasteiger partial charge in [-0.15, -0.1) is 0 Å². The second kappa shape index (κ2) is 8.76. The van der Waals surface area contributed by atoms with Crippen molar-refractivity contribution >= 4 is 40.0 Å². The number of rotatable bonds is 7. The minimum Gasteiger partial charge on any atom is -0.330 e. The van der Waals surface area contributed by atoms with Gasteiger partial charge in [0, 0.05) is 41.7 Å². The quantitative estimate of drug-likeness (QED) is 0.657. The fourth-order valence-electron chi connectivity index (χ4n) is 2.37. The maximum atomic E-state index is 5.89. The highest BCUT2D eigenvalue weighted by atomic mass is 35.5. The number of anilines is 2. The van der Waals surface area contributed by atoms with Gasteiger partial charge in [0.25, 0.3) is 0 Å². The third-order valence-electron chi connectivity index (χ3n) is 3.64. The lowest BCUT2D eigenvalue weighted by atomic mass is 10.1. The van der Waals surface area contributed by atoms with Crippen LogP contribution in [0.15, 0.2) is 60.3 Å². The predicted molar refractivity (Wildman–Crippen MR) is 105 cm³/mol. The summed E-state index contributed by atoms with van der Waals surface area (Å²) < 4.78 is 4.38. The van der Waals surface area contributed by atoms with E-state index in [0.717, 1.165) is 29.6 Å². The molecule has 0 bridgehead atoms. The lowest BCUT2D eigenvalue weighted by Gasteiger charge is -2.01. The van der Waals surface area contributed by atoms with Crippen LogP contribution in [-0.4, -0.2) is 15.9 Å². The van der Waals surface area contributed by atoms with Crippen LogP contribution in [0.2, 0.25) is 5.02 Å². The van der Waals surface area contributed by atoms with Crippen molar-refractivity contribution in [3.63, 3.8) is 0 Å². The zero-order chi connectivity index (χ0) is 17.5. The number of aromatic nitrogens is 2. The highest BCUT2D eigenvalue weighted by molar-refractivity contribution is 7.09. The summed E-state index contributed by atoms with van der Waals surface area (Å²) in [7, 11) is 0. The van der Waals surface area contributed by atoms with Crippen LogP contribution in [0.1, 0.15) is 18.3 Å². The Morgan fingerprint density at radius 3 is 2.68 bits per heavy atom. The van der Waals surface area contributed by atoms with Crippen molar-refractivity contribution in [3.05, 3.63) is 76.7 Å². The summed E-state index contributed by atoms with van der Waals surface area (Å²) in [5.74, 6) is 0.731. The van der Waals surface area contributed by atoms with Gasteiger partial charge in [0.05, 0.1) is 6.54 Å². The smallest absolute Gasteiger partial charge is 0.207 e. The average Bonchev–Trinajstić information content (AvgIpc) is 3.05. The van der Waals surface area contributed by atoms with Crippen molar-refractivity contribution in [3.8, 4) is 0 Å². The lowest BCUT2D eigenvalue weighted by Crippen LogP contribution is -2.82. The average molecular weight is 372 g/mol. The van der Waals surface area contributed by atoms with E-state index in [-0.39, 0.29) is 0 Å². The van der Waals surface area contributed by atoms with E-state index >= 15 is 0 Å². The molecule has 0 saturated carbocycles. The Hall–Kier alpha value is -2.21. The fraction of sp³-hybridized carbons (Fsp3) is 0.158. The van der Waals surface area contributed by atoms with Gasteiger partial charge in [0.2, 0.25) is 5.13 Å². The van der Waals surface area contributed by atoms with E-state index in [1.54, 1.807) is 0 Å². The van der Waals surface area contributed by atoms with Crippen molar-refractivity contribution in [2.24, 2.45) is 0 Å². The second-order valence-corrected chi connectivity index (χ2v) is 6.89. The zero-order valence-electron chi connectivity index (χ0n) is 13.9. The van der Waals surface area contributed by atoms with Crippen molar-refractivity contribution in [2.75, 3.05) is 11.9 Å². The first-order valence-electron chi connectivity index (χ1n) is 8.11. The molecule has 0 amide bonds. The number of halogens is 1. The van der Waals surface area contributed by atoms with E-state index in [1.807, 2.05) is 36.4 Å². The Balaban J connectivity index is 1.52. The molecule has 0 spiro atoms. The summed E-state index contributed by atoms with van der Waals surface area (Å²) in [5.41, 5.74) is 3.47. The lowest BCUT2D eigenvalue weighted by molar-refractivity contribution is -0.604. The number of benzene rings is 2. The maximum absolute atomic E-state index is 5.89.